The minimum atomic E-state index is 0.168. The summed E-state index contributed by atoms with van der Waals surface area (Å²) in [4.78, 5) is 17.4. The van der Waals surface area contributed by atoms with Gasteiger partial charge in [-0.1, -0.05) is 91.0 Å². The Hall–Kier alpha value is -4.02. The Labute approximate surface area is 189 Å². The summed E-state index contributed by atoms with van der Waals surface area (Å²) in [5, 5.41) is 2.45. The summed E-state index contributed by atoms with van der Waals surface area (Å²) in [7, 11) is 0. The number of hydrogen-bond acceptors (Lipinski definition) is 3. The van der Waals surface area contributed by atoms with Gasteiger partial charge in [0, 0.05) is 21.9 Å². The number of hydrogen-bond donors (Lipinski definition) is 1. The van der Waals surface area contributed by atoms with Crippen molar-refractivity contribution < 1.29 is 0 Å². The van der Waals surface area contributed by atoms with Gasteiger partial charge in [0.1, 0.15) is 0 Å². The molecule has 4 aromatic carbocycles. The number of benzene rings is 4. The van der Waals surface area contributed by atoms with Crippen molar-refractivity contribution in [2.45, 2.75) is 0 Å². The highest BCUT2D eigenvalue weighted by Crippen LogP contribution is 2.39. The van der Waals surface area contributed by atoms with Crippen molar-refractivity contribution in [2.75, 3.05) is 0 Å². The maximum Gasteiger partial charge on any atom is 0.226 e. The Morgan fingerprint density at radius 3 is 2.00 bits per heavy atom. The van der Waals surface area contributed by atoms with Gasteiger partial charge in [-0.15, -0.1) is 0 Å². The maximum atomic E-state index is 6.41. The first-order valence-corrected chi connectivity index (χ1v) is 10.7. The summed E-state index contributed by atoms with van der Waals surface area (Å²) in [6, 6.07) is 32.6. The van der Waals surface area contributed by atoms with Crippen molar-refractivity contribution in [2.24, 2.45) is 0 Å². The van der Waals surface area contributed by atoms with Gasteiger partial charge in [0.05, 0.1) is 11.1 Å². The molecule has 0 aliphatic rings. The van der Waals surface area contributed by atoms with Gasteiger partial charge in [-0.05, 0) is 28.8 Å². The van der Waals surface area contributed by atoms with Crippen LogP contribution in [-0.4, -0.2) is 19.9 Å². The number of halogens is 1. The highest BCUT2D eigenvalue weighted by molar-refractivity contribution is 6.28. The number of aromatic amines is 1. The van der Waals surface area contributed by atoms with Gasteiger partial charge in [-0.3, -0.25) is 0 Å². The normalized spacial score (nSPS) is 11.3. The molecule has 0 atom stereocenters. The van der Waals surface area contributed by atoms with Crippen molar-refractivity contribution in [3.63, 3.8) is 0 Å². The molecule has 0 spiro atoms. The van der Waals surface area contributed by atoms with Crippen LogP contribution in [0.3, 0.4) is 0 Å². The lowest BCUT2D eigenvalue weighted by atomic mass is 9.96. The van der Waals surface area contributed by atoms with Gasteiger partial charge in [-0.25, -0.2) is 4.98 Å². The second kappa shape index (κ2) is 7.59. The first-order valence-electron chi connectivity index (χ1n) is 10.3. The molecule has 1 N–H and O–H groups in total. The molecule has 0 radical (unpaired) electrons. The van der Waals surface area contributed by atoms with Crippen LogP contribution < -0.4 is 0 Å². The zero-order chi connectivity index (χ0) is 21.5. The number of nitrogens with one attached hydrogen (secondary N) is 1. The highest BCUT2D eigenvalue weighted by atomic mass is 35.5. The van der Waals surface area contributed by atoms with E-state index in [9.17, 15) is 0 Å². The molecule has 0 unspecified atom stereocenters. The Kier molecular flexibility index (Phi) is 4.44. The number of nitrogens with zero attached hydrogens (tertiary/aromatic N) is 3. The third-order valence-corrected chi connectivity index (χ3v) is 5.80. The van der Waals surface area contributed by atoms with Crippen LogP contribution in [-0.2, 0) is 0 Å². The summed E-state index contributed by atoms with van der Waals surface area (Å²) in [5.41, 5.74) is 5.97. The molecule has 0 saturated heterocycles. The standard InChI is InChI=1S/C27H17ClN4/c28-27-31-25(18-11-5-2-6-12-18)30-26(32-27)23-19(17-9-3-1-4-10-17)15-16-21-20-13-7-8-14-22(20)29-24(21)23/h1-16,29H. The van der Waals surface area contributed by atoms with Crippen LogP contribution >= 0.6 is 11.6 Å². The number of aromatic nitrogens is 4. The van der Waals surface area contributed by atoms with Crippen molar-refractivity contribution in [1.29, 1.82) is 0 Å². The Morgan fingerprint density at radius 2 is 1.22 bits per heavy atom. The summed E-state index contributed by atoms with van der Waals surface area (Å²) >= 11 is 6.41. The molecule has 4 nitrogen and oxygen atoms in total. The zero-order valence-electron chi connectivity index (χ0n) is 17.0. The molecule has 2 heterocycles. The van der Waals surface area contributed by atoms with Crippen LogP contribution in [0.1, 0.15) is 0 Å². The fraction of sp³-hybridized carbons (Fsp3) is 0. The van der Waals surface area contributed by atoms with Gasteiger partial charge < -0.3 is 4.98 Å². The smallest absolute Gasteiger partial charge is 0.226 e. The van der Waals surface area contributed by atoms with Crippen molar-refractivity contribution in [3.05, 3.63) is 102 Å². The minimum absolute atomic E-state index is 0.168. The molecule has 0 bridgehead atoms. The number of fused-ring (bicyclic) bond motifs is 3. The summed E-state index contributed by atoms with van der Waals surface area (Å²) in [6.45, 7) is 0. The molecule has 0 aliphatic heterocycles. The number of H-pyrrole nitrogens is 1. The van der Waals surface area contributed by atoms with E-state index in [1.54, 1.807) is 0 Å². The second-order valence-electron chi connectivity index (χ2n) is 7.56. The maximum absolute atomic E-state index is 6.41. The summed E-state index contributed by atoms with van der Waals surface area (Å²) < 4.78 is 0. The number of para-hydroxylation sites is 1. The van der Waals surface area contributed by atoms with Crippen LogP contribution in [0.2, 0.25) is 5.28 Å². The van der Waals surface area contributed by atoms with E-state index in [1.807, 2.05) is 60.7 Å². The third-order valence-electron chi connectivity index (χ3n) is 5.63. The van der Waals surface area contributed by atoms with Crippen LogP contribution in [0.15, 0.2) is 97.1 Å². The number of rotatable bonds is 3. The average molecular weight is 433 g/mol. The topological polar surface area (TPSA) is 54.5 Å². The molecular formula is C27H17ClN4. The van der Waals surface area contributed by atoms with Crippen molar-refractivity contribution in [3.8, 4) is 33.9 Å². The third kappa shape index (κ3) is 3.13. The Bertz CT molecular complexity index is 1570. The van der Waals surface area contributed by atoms with Gasteiger partial charge in [0.25, 0.3) is 0 Å². The molecular weight excluding hydrogens is 416 g/mol. The van der Waals surface area contributed by atoms with Crippen LogP contribution in [0, 0.1) is 0 Å². The molecule has 0 fully saturated rings. The van der Waals surface area contributed by atoms with Crippen molar-refractivity contribution >= 4 is 33.4 Å². The minimum Gasteiger partial charge on any atom is -0.354 e. The average Bonchev–Trinajstić information content (AvgIpc) is 3.23. The van der Waals surface area contributed by atoms with Crippen LogP contribution in [0.5, 0.6) is 0 Å². The molecule has 152 valence electrons. The van der Waals surface area contributed by atoms with Crippen molar-refractivity contribution in [1.82, 2.24) is 19.9 Å². The highest BCUT2D eigenvalue weighted by Gasteiger charge is 2.19. The fourth-order valence-electron chi connectivity index (χ4n) is 4.19. The zero-order valence-corrected chi connectivity index (χ0v) is 17.7. The summed E-state index contributed by atoms with van der Waals surface area (Å²) in [6.07, 6.45) is 0. The lowest BCUT2D eigenvalue weighted by Crippen LogP contribution is -1.99. The Balaban J connectivity index is 1.70. The van der Waals surface area contributed by atoms with E-state index in [-0.39, 0.29) is 5.28 Å². The van der Waals surface area contributed by atoms with Gasteiger partial charge in [0.15, 0.2) is 11.6 Å². The molecule has 0 amide bonds. The van der Waals surface area contributed by atoms with E-state index in [0.29, 0.717) is 11.6 Å². The predicted octanol–water partition coefficient (Wildman–Crippen LogP) is 7.16. The molecule has 6 rings (SSSR count). The molecule has 32 heavy (non-hydrogen) atoms. The van der Waals surface area contributed by atoms with Gasteiger partial charge in [0.2, 0.25) is 5.28 Å². The molecule has 0 saturated carbocycles. The van der Waals surface area contributed by atoms with E-state index < -0.39 is 0 Å². The van der Waals surface area contributed by atoms with Gasteiger partial charge >= 0.3 is 0 Å². The van der Waals surface area contributed by atoms with Crippen LogP contribution in [0.4, 0.5) is 0 Å². The molecule has 6 aromatic rings. The quantitative estimate of drug-likeness (QED) is 0.322. The lowest BCUT2D eigenvalue weighted by Gasteiger charge is -2.12. The van der Waals surface area contributed by atoms with E-state index in [2.05, 4.69) is 51.4 Å². The molecule has 5 heteroatoms. The SMILES string of the molecule is Clc1nc(-c2ccccc2)nc(-c2c(-c3ccccc3)ccc3c2[nH]c2ccccc23)n1. The lowest BCUT2D eigenvalue weighted by molar-refractivity contribution is 1.07. The van der Waals surface area contributed by atoms with Gasteiger partial charge in [-0.2, -0.15) is 9.97 Å². The molecule has 0 aliphatic carbocycles. The van der Waals surface area contributed by atoms with E-state index in [0.717, 1.165) is 44.1 Å². The van der Waals surface area contributed by atoms with E-state index in [1.165, 1.54) is 0 Å². The Morgan fingerprint density at radius 1 is 0.562 bits per heavy atom. The van der Waals surface area contributed by atoms with E-state index >= 15 is 0 Å². The first-order chi connectivity index (χ1) is 15.8. The van der Waals surface area contributed by atoms with E-state index in [4.69, 9.17) is 16.6 Å². The monoisotopic (exact) mass is 432 g/mol. The van der Waals surface area contributed by atoms with Crippen LogP contribution in [0.25, 0.3) is 55.7 Å². The summed E-state index contributed by atoms with van der Waals surface area (Å²) in [5.74, 6) is 1.09. The first kappa shape index (κ1) is 18.7. The molecule has 2 aromatic heterocycles. The second-order valence-corrected chi connectivity index (χ2v) is 7.90. The fourth-order valence-corrected chi connectivity index (χ4v) is 4.35. The largest absolute Gasteiger partial charge is 0.354 e. The predicted molar refractivity (Wildman–Crippen MR) is 131 cm³/mol.